The van der Waals surface area contributed by atoms with Crippen LogP contribution in [0.2, 0.25) is 0 Å². The van der Waals surface area contributed by atoms with Crippen molar-refractivity contribution in [2.24, 2.45) is 0 Å². The third-order valence-corrected chi connectivity index (χ3v) is 1.88. The van der Waals surface area contributed by atoms with Crippen molar-refractivity contribution in [1.29, 1.82) is 0 Å². The number of hydrogen-bond acceptors (Lipinski definition) is 2. The molecule has 1 aromatic heterocycles. The first-order valence-corrected chi connectivity index (χ1v) is 4.48. The van der Waals surface area contributed by atoms with Crippen LogP contribution < -0.4 is 5.43 Å². The van der Waals surface area contributed by atoms with Crippen LogP contribution in [0, 0.1) is 0 Å². The maximum atomic E-state index is 10.8. The summed E-state index contributed by atoms with van der Waals surface area (Å²) in [4.78, 5) is 10.8. The Kier molecular flexibility index (Phi) is 4.26. The Hall–Kier alpha value is -1.09. The van der Waals surface area contributed by atoms with Gasteiger partial charge < -0.3 is 9.30 Å². The molecule has 1 aromatic rings. The van der Waals surface area contributed by atoms with Gasteiger partial charge in [0.2, 0.25) is 0 Å². The van der Waals surface area contributed by atoms with Gasteiger partial charge in [0.05, 0.1) is 0 Å². The molecule has 0 N–H and O–H groups in total. The Labute approximate surface area is 78.0 Å². The van der Waals surface area contributed by atoms with E-state index in [4.69, 9.17) is 4.74 Å². The number of methoxy groups -OCH3 is 1. The van der Waals surface area contributed by atoms with Crippen LogP contribution in [0.5, 0.6) is 0 Å². The summed E-state index contributed by atoms with van der Waals surface area (Å²) in [7, 11) is 1.71. The molecular weight excluding hydrogens is 166 g/mol. The van der Waals surface area contributed by atoms with E-state index in [1.54, 1.807) is 19.2 Å². The van der Waals surface area contributed by atoms with Gasteiger partial charge in [0, 0.05) is 44.8 Å². The minimum Gasteiger partial charge on any atom is -0.385 e. The summed E-state index contributed by atoms with van der Waals surface area (Å²) < 4.78 is 6.95. The minimum atomic E-state index is 0.0631. The third-order valence-electron chi connectivity index (χ3n) is 1.88. The van der Waals surface area contributed by atoms with E-state index in [2.05, 4.69) is 0 Å². The number of nitrogens with zero attached hydrogens (tertiary/aromatic N) is 1. The predicted molar refractivity (Wildman–Crippen MR) is 51.8 cm³/mol. The highest BCUT2D eigenvalue weighted by atomic mass is 16.5. The zero-order valence-electron chi connectivity index (χ0n) is 7.90. The lowest BCUT2D eigenvalue weighted by Crippen LogP contribution is -2.04. The fraction of sp³-hybridized carbons (Fsp3) is 0.500. The van der Waals surface area contributed by atoms with E-state index in [1.165, 1.54) is 0 Å². The quantitative estimate of drug-likeness (QED) is 0.641. The smallest absolute Gasteiger partial charge is 0.181 e. The molecule has 3 nitrogen and oxygen atoms in total. The fourth-order valence-corrected chi connectivity index (χ4v) is 1.13. The maximum Gasteiger partial charge on any atom is 0.181 e. The van der Waals surface area contributed by atoms with Crippen LogP contribution >= 0.6 is 0 Å². The molecule has 0 radical (unpaired) electrons. The fourth-order valence-electron chi connectivity index (χ4n) is 1.13. The molecule has 3 heteroatoms. The van der Waals surface area contributed by atoms with Crippen LogP contribution in [0.25, 0.3) is 0 Å². The van der Waals surface area contributed by atoms with Crippen LogP contribution in [0.4, 0.5) is 0 Å². The summed E-state index contributed by atoms with van der Waals surface area (Å²) in [5.41, 5.74) is 0.0631. The highest BCUT2D eigenvalue weighted by Crippen LogP contribution is 1.94. The first-order chi connectivity index (χ1) is 6.33. The van der Waals surface area contributed by atoms with Crippen molar-refractivity contribution in [3.8, 4) is 0 Å². The van der Waals surface area contributed by atoms with Crippen molar-refractivity contribution in [1.82, 2.24) is 4.57 Å². The Morgan fingerprint density at radius 3 is 2.62 bits per heavy atom. The summed E-state index contributed by atoms with van der Waals surface area (Å²) >= 11 is 0. The van der Waals surface area contributed by atoms with Crippen LogP contribution in [0.15, 0.2) is 29.3 Å². The minimum absolute atomic E-state index is 0.0631. The molecular formula is C10H15NO2. The Bertz CT molecular complexity index is 273. The van der Waals surface area contributed by atoms with Crippen molar-refractivity contribution in [2.45, 2.75) is 19.4 Å². The zero-order chi connectivity index (χ0) is 9.52. The van der Waals surface area contributed by atoms with Gasteiger partial charge in [-0.25, -0.2) is 0 Å². The molecule has 0 aliphatic carbocycles. The molecule has 0 aromatic carbocycles. The molecule has 0 saturated carbocycles. The van der Waals surface area contributed by atoms with E-state index in [0.29, 0.717) is 0 Å². The van der Waals surface area contributed by atoms with E-state index in [1.807, 2.05) is 17.0 Å². The molecule has 13 heavy (non-hydrogen) atoms. The van der Waals surface area contributed by atoms with Crippen LogP contribution in [0.1, 0.15) is 12.8 Å². The Morgan fingerprint density at radius 1 is 1.31 bits per heavy atom. The van der Waals surface area contributed by atoms with Gasteiger partial charge in [0.15, 0.2) is 5.43 Å². The summed E-state index contributed by atoms with van der Waals surface area (Å²) in [6.45, 7) is 1.75. The first kappa shape index (κ1) is 9.99. The van der Waals surface area contributed by atoms with Crippen LogP contribution in [-0.2, 0) is 11.3 Å². The molecule has 0 fully saturated rings. The molecule has 0 saturated heterocycles. The standard InChI is InChI=1S/C10H15NO2/c1-13-9-3-2-6-11-7-4-10(12)5-8-11/h4-5,7-8H,2-3,6,9H2,1H3. The average molecular weight is 181 g/mol. The van der Waals surface area contributed by atoms with E-state index >= 15 is 0 Å². The van der Waals surface area contributed by atoms with Gasteiger partial charge in [0.25, 0.3) is 0 Å². The molecule has 0 atom stereocenters. The second kappa shape index (κ2) is 5.54. The second-order valence-corrected chi connectivity index (χ2v) is 2.97. The largest absolute Gasteiger partial charge is 0.385 e. The predicted octanol–water partition coefficient (Wildman–Crippen LogP) is 1.27. The topological polar surface area (TPSA) is 31.2 Å². The van der Waals surface area contributed by atoms with E-state index in [9.17, 15) is 4.79 Å². The second-order valence-electron chi connectivity index (χ2n) is 2.97. The zero-order valence-corrected chi connectivity index (χ0v) is 7.90. The molecule has 0 aliphatic rings. The number of rotatable bonds is 5. The lowest BCUT2D eigenvalue weighted by molar-refractivity contribution is 0.191. The molecule has 72 valence electrons. The van der Waals surface area contributed by atoms with E-state index in [-0.39, 0.29) is 5.43 Å². The summed E-state index contributed by atoms with van der Waals surface area (Å²) in [5.74, 6) is 0. The van der Waals surface area contributed by atoms with Crippen molar-refractivity contribution in [3.05, 3.63) is 34.7 Å². The number of aryl methyl sites for hydroxylation is 1. The average Bonchev–Trinajstić information content (AvgIpc) is 2.15. The monoisotopic (exact) mass is 181 g/mol. The van der Waals surface area contributed by atoms with Gasteiger partial charge in [-0.05, 0) is 12.8 Å². The third kappa shape index (κ3) is 3.90. The van der Waals surface area contributed by atoms with Crippen molar-refractivity contribution < 1.29 is 4.74 Å². The van der Waals surface area contributed by atoms with Crippen LogP contribution in [-0.4, -0.2) is 18.3 Å². The molecule has 1 heterocycles. The molecule has 0 aliphatic heterocycles. The highest BCUT2D eigenvalue weighted by molar-refractivity contribution is 4.93. The number of ether oxygens (including phenoxy) is 1. The van der Waals surface area contributed by atoms with Gasteiger partial charge in [0.1, 0.15) is 0 Å². The number of unbranched alkanes of at least 4 members (excludes halogenated alkanes) is 1. The van der Waals surface area contributed by atoms with Gasteiger partial charge in [-0.1, -0.05) is 0 Å². The normalized spacial score (nSPS) is 10.2. The lowest BCUT2D eigenvalue weighted by Gasteiger charge is -2.04. The highest BCUT2D eigenvalue weighted by Gasteiger charge is 1.89. The number of pyridine rings is 1. The van der Waals surface area contributed by atoms with Crippen LogP contribution in [0.3, 0.4) is 0 Å². The van der Waals surface area contributed by atoms with Gasteiger partial charge in [-0.15, -0.1) is 0 Å². The van der Waals surface area contributed by atoms with Crippen molar-refractivity contribution >= 4 is 0 Å². The summed E-state index contributed by atoms with van der Waals surface area (Å²) in [6.07, 6.45) is 5.77. The first-order valence-electron chi connectivity index (χ1n) is 4.48. The van der Waals surface area contributed by atoms with Gasteiger partial charge >= 0.3 is 0 Å². The molecule has 0 bridgehead atoms. The lowest BCUT2D eigenvalue weighted by atomic mass is 10.3. The molecule has 1 rings (SSSR count). The maximum absolute atomic E-state index is 10.8. The van der Waals surface area contributed by atoms with E-state index in [0.717, 1.165) is 26.0 Å². The summed E-state index contributed by atoms with van der Waals surface area (Å²) in [5, 5.41) is 0. The van der Waals surface area contributed by atoms with Gasteiger partial charge in [-0.2, -0.15) is 0 Å². The van der Waals surface area contributed by atoms with E-state index < -0.39 is 0 Å². The SMILES string of the molecule is COCCCCn1ccc(=O)cc1. The molecule has 0 unspecified atom stereocenters. The van der Waals surface area contributed by atoms with Crippen molar-refractivity contribution in [2.75, 3.05) is 13.7 Å². The Balaban J connectivity index is 2.29. The molecule has 0 amide bonds. The summed E-state index contributed by atoms with van der Waals surface area (Å²) in [6, 6.07) is 3.16. The van der Waals surface area contributed by atoms with Crippen molar-refractivity contribution in [3.63, 3.8) is 0 Å². The molecule has 0 spiro atoms. The Morgan fingerprint density at radius 2 is 2.00 bits per heavy atom. The number of aromatic nitrogens is 1. The number of hydrogen-bond donors (Lipinski definition) is 0. The van der Waals surface area contributed by atoms with Gasteiger partial charge in [-0.3, -0.25) is 4.79 Å².